The molecule has 1 aromatic carbocycles. The number of rotatable bonds is 5. The van der Waals surface area contributed by atoms with Gasteiger partial charge in [-0.25, -0.2) is 0 Å². The molecule has 2 aromatic rings. The normalized spacial score (nSPS) is 10.8. The second-order valence-corrected chi connectivity index (χ2v) is 5.54. The van der Waals surface area contributed by atoms with Gasteiger partial charge in [0.2, 0.25) is 0 Å². The van der Waals surface area contributed by atoms with E-state index in [9.17, 15) is 0 Å². The molecular formula is C15H16Cl2N2O. The summed E-state index contributed by atoms with van der Waals surface area (Å²) in [4.78, 5) is 4.13. The molecule has 1 N–H and O–H groups in total. The van der Waals surface area contributed by atoms with E-state index in [0.717, 1.165) is 11.3 Å². The Morgan fingerprint density at radius 2 is 2.00 bits per heavy atom. The molecule has 0 atom stereocenters. The predicted octanol–water partition coefficient (Wildman–Crippen LogP) is 4.68. The number of aromatic nitrogens is 1. The highest BCUT2D eigenvalue weighted by Crippen LogP contribution is 2.32. The van der Waals surface area contributed by atoms with Gasteiger partial charge < -0.3 is 10.1 Å². The molecule has 0 spiro atoms. The number of pyridine rings is 1. The fraction of sp³-hybridized carbons (Fsp3) is 0.267. The van der Waals surface area contributed by atoms with Crippen LogP contribution in [0.15, 0.2) is 36.7 Å². The molecule has 106 valence electrons. The maximum Gasteiger partial charge on any atom is 0.146 e. The van der Waals surface area contributed by atoms with Crippen LogP contribution in [-0.4, -0.2) is 11.0 Å². The van der Waals surface area contributed by atoms with Crippen molar-refractivity contribution < 1.29 is 4.74 Å². The predicted molar refractivity (Wildman–Crippen MR) is 82.7 cm³/mol. The Bertz CT molecular complexity index is 588. The third kappa shape index (κ3) is 4.10. The standard InChI is InChI=1S/C15H16Cl2N2O/c1-10(2)19-9-11-8-18-6-5-14(11)20-15-4-3-12(16)7-13(15)17/h3-8,10,19H,9H2,1-2H3. The molecule has 0 bridgehead atoms. The highest BCUT2D eigenvalue weighted by atomic mass is 35.5. The summed E-state index contributed by atoms with van der Waals surface area (Å²) in [5.74, 6) is 1.31. The molecule has 0 amide bonds. The smallest absolute Gasteiger partial charge is 0.146 e. The summed E-state index contributed by atoms with van der Waals surface area (Å²) in [6.07, 6.45) is 3.48. The maximum atomic E-state index is 6.12. The zero-order valence-electron chi connectivity index (χ0n) is 11.4. The van der Waals surface area contributed by atoms with Crippen molar-refractivity contribution in [2.75, 3.05) is 0 Å². The monoisotopic (exact) mass is 310 g/mol. The van der Waals surface area contributed by atoms with Crippen molar-refractivity contribution in [2.45, 2.75) is 26.4 Å². The molecule has 0 fully saturated rings. The molecule has 1 heterocycles. The van der Waals surface area contributed by atoms with Crippen LogP contribution in [0.25, 0.3) is 0 Å². The number of hydrogen-bond donors (Lipinski definition) is 1. The molecule has 20 heavy (non-hydrogen) atoms. The van der Waals surface area contributed by atoms with Crippen LogP contribution in [0.4, 0.5) is 0 Å². The van der Waals surface area contributed by atoms with E-state index in [-0.39, 0.29) is 0 Å². The number of ether oxygens (including phenoxy) is 1. The first kappa shape index (κ1) is 15.1. The van der Waals surface area contributed by atoms with Gasteiger partial charge in [-0.3, -0.25) is 4.98 Å². The van der Waals surface area contributed by atoms with Gasteiger partial charge in [0, 0.05) is 35.6 Å². The molecule has 5 heteroatoms. The van der Waals surface area contributed by atoms with Gasteiger partial charge >= 0.3 is 0 Å². The van der Waals surface area contributed by atoms with E-state index in [0.29, 0.717) is 28.4 Å². The number of nitrogens with one attached hydrogen (secondary N) is 1. The topological polar surface area (TPSA) is 34.2 Å². The van der Waals surface area contributed by atoms with Gasteiger partial charge in [-0.2, -0.15) is 0 Å². The Morgan fingerprint density at radius 3 is 2.70 bits per heavy atom. The van der Waals surface area contributed by atoms with E-state index >= 15 is 0 Å². The minimum Gasteiger partial charge on any atom is -0.455 e. The minimum absolute atomic E-state index is 0.391. The van der Waals surface area contributed by atoms with Crippen LogP contribution in [0.1, 0.15) is 19.4 Å². The quantitative estimate of drug-likeness (QED) is 0.870. The van der Waals surface area contributed by atoms with Crippen molar-refractivity contribution in [1.82, 2.24) is 10.3 Å². The molecule has 0 aliphatic rings. The lowest BCUT2D eigenvalue weighted by Crippen LogP contribution is -2.22. The number of nitrogens with zero attached hydrogens (tertiary/aromatic N) is 1. The van der Waals surface area contributed by atoms with Crippen LogP contribution in [0.5, 0.6) is 11.5 Å². The Labute approximate surface area is 128 Å². The van der Waals surface area contributed by atoms with E-state index in [1.165, 1.54) is 0 Å². The lowest BCUT2D eigenvalue weighted by atomic mass is 10.2. The zero-order valence-corrected chi connectivity index (χ0v) is 12.9. The summed E-state index contributed by atoms with van der Waals surface area (Å²) in [7, 11) is 0. The molecule has 0 unspecified atom stereocenters. The molecule has 0 saturated heterocycles. The van der Waals surface area contributed by atoms with Crippen LogP contribution >= 0.6 is 23.2 Å². The Kier molecular flexibility index (Phi) is 5.24. The van der Waals surface area contributed by atoms with Crippen LogP contribution in [0.3, 0.4) is 0 Å². The second-order valence-electron chi connectivity index (χ2n) is 4.70. The van der Waals surface area contributed by atoms with Gasteiger partial charge in [0.1, 0.15) is 11.5 Å². The molecule has 1 aromatic heterocycles. The van der Waals surface area contributed by atoms with Gasteiger partial charge in [-0.15, -0.1) is 0 Å². The molecule has 3 nitrogen and oxygen atoms in total. The summed E-state index contributed by atoms with van der Waals surface area (Å²) < 4.78 is 5.86. The summed E-state index contributed by atoms with van der Waals surface area (Å²) in [5, 5.41) is 4.40. The van der Waals surface area contributed by atoms with Crippen molar-refractivity contribution >= 4 is 23.2 Å². The van der Waals surface area contributed by atoms with Crippen molar-refractivity contribution in [1.29, 1.82) is 0 Å². The van der Waals surface area contributed by atoms with Crippen LogP contribution in [0, 0.1) is 0 Å². The number of halogens is 2. The van der Waals surface area contributed by atoms with Gasteiger partial charge in [-0.1, -0.05) is 37.0 Å². The number of hydrogen-bond acceptors (Lipinski definition) is 3. The fourth-order valence-electron chi connectivity index (χ4n) is 1.64. The first-order valence-electron chi connectivity index (χ1n) is 6.35. The summed E-state index contributed by atoms with van der Waals surface area (Å²) in [6, 6.07) is 7.37. The van der Waals surface area contributed by atoms with Gasteiger partial charge in [0.15, 0.2) is 0 Å². The molecule has 0 aliphatic carbocycles. The van der Waals surface area contributed by atoms with Crippen molar-refractivity contribution in [3.63, 3.8) is 0 Å². The third-order valence-electron chi connectivity index (χ3n) is 2.67. The average molecular weight is 311 g/mol. The summed E-state index contributed by atoms with van der Waals surface area (Å²) in [5.41, 5.74) is 0.979. The summed E-state index contributed by atoms with van der Waals surface area (Å²) >= 11 is 12.0. The highest BCUT2D eigenvalue weighted by molar-refractivity contribution is 6.35. The first-order chi connectivity index (χ1) is 9.56. The van der Waals surface area contributed by atoms with Crippen LogP contribution < -0.4 is 10.1 Å². The Morgan fingerprint density at radius 1 is 1.20 bits per heavy atom. The van der Waals surface area contributed by atoms with Gasteiger partial charge in [0.05, 0.1) is 5.02 Å². The van der Waals surface area contributed by atoms with Crippen LogP contribution in [0.2, 0.25) is 10.0 Å². The fourth-order valence-corrected chi connectivity index (χ4v) is 2.08. The average Bonchev–Trinajstić information content (AvgIpc) is 2.41. The van der Waals surface area contributed by atoms with Crippen molar-refractivity contribution in [3.05, 3.63) is 52.3 Å². The van der Waals surface area contributed by atoms with E-state index in [2.05, 4.69) is 24.1 Å². The van der Waals surface area contributed by atoms with E-state index in [1.54, 1.807) is 30.6 Å². The zero-order chi connectivity index (χ0) is 14.5. The lowest BCUT2D eigenvalue weighted by molar-refractivity contribution is 0.468. The Balaban J connectivity index is 2.20. The first-order valence-corrected chi connectivity index (χ1v) is 7.11. The van der Waals surface area contributed by atoms with Gasteiger partial charge in [0.25, 0.3) is 0 Å². The van der Waals surface area contributed by atoms with Crippen molar-refractivity contribution in [3.8, 4) is 11.5 Å². The van der Waals surface area contributed by atoms with Crippen LogP contribution in [-0.2, 0) is 6.54 Å². The molecular weight excluding hydrogens is 295 g/mol. The van der Waals surface area contributed by atoms with E-state index in [4.69, 9.17) is 27.9 Å². The molecule has 0 saturated carbocycles. The SMILES string of the molecule is CC(C)NCc1cnccc1Oc1ccc(Cl)cc1Cl. The van der Waals surface area contributed by atoms with Gasteiger partial charge in [-0.05, 0) is 24.3 Å². The summed E-state index contributed by atoms with van der Waals surface area (Å²) in [6.45, 7) is 4.87. The highest BCUT2D eigenvalue weighted by Gasteiger charge is 2.08. The molecule has 0 aliphatic heterocycles. The maximum absolute atomic E-state index is 6.12. The Hall–Kier alpha value is -1.29. The second kappa shape index (κ2) is 6.93. The minimum atomic E-state index is 0.391. The van der Waals surface area contributed by atoms with Crippen molar-refractivity contribution in [2.24, 2.45) is 0 Å². The van der Waals surface area contributed by atoms with E-state index in [1.807, 2.05) is 6.07 Å². The lowest BCUT2D eigenvalue weighted by Gasteiger charge is -2.13. The number of benzene rings is 1. The van der Waals surface area contributed by atoms with E-state index < -0.39 is 0 Å². The largest absolute Gasteiger partial charge is 0.455 e. The molecule has 0 radical (unpaired) electrons. The molecule has 2 rings (SSSR count). The third-order valence-corrected chi connectivity index (χ3v) is 3.20.